The van der Waals surface area contributed by atoms with Crippen molar-refractivity contribution >= 4 is 17.5 Å². The van der Waals surface area contributed by atoms with Gasteiger partial charge in [-0.05, 0) is 31.8 Å². The summed E-state index contributed by atoms with van der Waals surface area (Å²) in [5, 5.41) is 2.91. The first-order chi connectivity index (χ1) is 7.22. The van der Waals surface area contributed by atoms with Crippen molar-refractivity contribution in [2.75, 3.05) is 32.1 Å². The van der Waals surface area contributed by atoms with E-state index in [-0.39, 0.29) is 5.91 Å². The molecule has 0 aromatic heterocycles. The van der Waals surface area contributed by atoms with Crippen LogP contribution in [0.2, 0.25) is 0 Å². The average molecular weight is 233 g/mol. The van der Waals surface area contributed by atoms with Crippen LogP contribution in [0.5, 0.6) is 0 Å². The second-order valence-electron chi connectivity index (χ2n) is 4.36. The lowest BCUT2D eigenvalue weighted by molar-refractivity contribution is -0.120. The molecule has 0 saturated carbocycles. The molecule has 15 heavy (non-hydrogen) atoms. The molecular weight excluding hydrogens is 212 g/mol. The number of halogens is 1. The average Bonchev–Trinajstić information content (AvgIpc) is 2.68. The highest BCUT2D eigenvalue weighted by Gasteiger charge is 2.14. The Morgan fingerprint density at radius 2 is 2.13 bits per heavy atom. The maximum Gasteiger partial charge on any atom is 0.221 e. The van der Waals surface area contributed by atoms with Gasteiger partial charge in [0.05, 0.1) is 0 Å². The molecule has 0 spiro atoms. The molecular formula is C11H21ClN2O. The van der Waals surface area contributed by atoms with Gasteiger partial charge in [-0.1, -0.05) is 6.92 Å². The first kappa shape index (κ1) is 12.8. The van der Waals surface area contributed by atoms with Gasteiger partial charge in [0.15, 0.2) is 0 Å². The van der Waals surface area contributed by atoms with Crippen molar-refractivity contribution in [3.63, 3.8) is 0 Å². The van der Waals surface area contributed by atoms with E-state index >= 15 is 0 Å². The number of alkyl halides is 1. The van der Waals surface area contributed by atoms with Gasteiger partial charge in [0, 0.05) is 25.4 Å². The number of nitrogens with one attached hydrogen (secondary N) is 1. The lowest BCUT2D eigenvalue weighted by atomic mass is 10.1. The Labute approximate surface area is 97.2 Å². The Morgan fingerprint density at radius 1 is 1.47 bits per heavy atom. The van der Waals surface area contributed by atoms with E-state index in [1.165, 1.54) is 25.9 Å². The molecule has 1 N–H and O–H groups in total. The van der Waals surface area contributed by atoms with Gasteiger partial charge in [0.2, 0.25) is 5.91 Å². The van der Waals surface area contributed by atoms with Crippen molar-refractivity contribution in [1.82, 2.24) is 10.2 Å². The van der Waals surface area contributed by atoms with Gasteiger partial charge in [0.25, 0.3) is 0 Å². The van der Waals surface area contributed by atoms with Crippen LogP contribution in [-0.2, 0) is 4.79 Å². The predicted molar refractivity (Wildman–Crippen MR) is 63.2 cm³/mol. The Bertz CT molecular complexity index is 193. The fourth-order valence-corrected chi connectivity index (χ4v) is 2.10. The molecule has 0 bridgehead atoms. The van der Waals surface area contributed by atoms with E-state index in [9.17, 15) is 4.79 Å². The van der Waals surface area contributed by atoms with Crippen LogP contribution in [0.1, 0.15) is 26.2 Å². The lowest BCUT2D eigenvalue weighted by Crippen LogP contribution is -2.34. The molecule has 1 heterocycles. The van der Waals surface area contributed by atoms with Crippen LogP contribution in [0.25, 0.3) is 0 Å². The summed E-state index contributed by atoms with van der Waals surface area (Å²) < 4.78 is 0. The van der Waals surface area contributed by atoms with Gasteiger partial charge in [-0.3, -0.25) is 4.79 Å². The fraction of sp³-hybridized carbons (Fsp3) is 0.909. The number of nitrogens with zero attached hydrogens (tertiary/aromatic N) is 1. The molecule has 1 aliphatic heterocycles. The molecule has 0 aliphatic carbocycles. The number of amides is 1. The minimum absolute atomic E-state index is 0.0678. The summed E-state index contributed by atoms with van der Waals surface area (Å²) in [7, 11) is 0. The first-order valence-electron chi connectivity index (χ1n) is 5.77. The molecule has 0 aromatic carbocycles. The Kier molecular flexibility index (Phi) is 6.03. The number of carbonyl (C=O) groups is 1. The van der Waals surface area contributed by atoms with Gasteiger partial charge >= 0.3 is 0 Å². The standard InChI is InChI=1S/C11H21ClN2O/c1-10(8-13-11(15)4-5-12)9-14-6-2-3-7-14/h10H,2-9H2,1H3,(H,13,15). The molecule has 0 aromatic rings. The van der Waals surface area contributed by atoms with E-state index in [1.54, 1.807) is 0 Å². The minimum Gasteiger partial charge on any atom is -0.356 e. The maximum atomic E-state index is 11.2. The van der Waals surface area contributed by atoms with Crippen molar-refractivity contribution in [3.8, 4) is 0 Å². The number of carbonyl (C=O) groups excluding carboxylic acids is 1. The zero-order chi connectivity index (χ0) is 11.1. The van der Waals surface area contributed by atoms with Crippen LogP contribution in [-0.4, -0.2) is 42.9 Å². The second-order valence-corrected chi connectivity index (χ2v) is 4.73. The van der Waals surface area contributed by atoms with Gasteiger partial charge in [-0.15, -0.1) is 11.6 Å². The third-order valence-corrected chi connectivity index (χ3v) is 2.93. The van der Waals surface area contributed by atoms with E-state index < -0.39 is 0 Å². The highest BCUT2D eigenvalue weighted by molar-refractivity contribution is 6.18. The zero-order valence-electron chi connectivity index (χ0n) is 9.47. The molecule has 88 valence electrons. The van der Waals surface area contributed by atoms with Crippen LogP contribution >= 0.6 is 11.6 Å². The Hall–Kier alpha value is -0.280. The van der Waals surface area contributed by atoms with Crippen LogP contribution in [0.15, 0.2) is 0 Å². The van der Waals surface area contributed by atoms with Crippen LogP contribution in [0.3, 0.4) is 0 Å². The van der Waals surface area contributed by atoms with Crippen LogP contribution < -0.4 is 5.32 Å². The minimum atomic E-state index is 0.0678. The third kappa shape index (κ3) is 5.38. The largest absolute Gasteiger partial charge is 0.356 e. The number of hydrogen-bond donors (Lipinski definition) is 1. The molecule has 3 nitrogen and oxygen atoms in total. The molecule has 0 radical (unpaired) electrons. The van der Waals surface area contributed by atoms with Crippen molar-refractivity contribution in [3.05, 3.63) is 0 Å². The molecule has 1 fully saturated rings. The lowest BCUT2D eigenvalue weighted by Gasteiger charge is -2.20. The highest BCUT2D eigenvalue weighted by atomic mass is 35.5. The predicted octanol–water partition coefficient (Wildman–Crippen LogP) is 1.46. The van der Waals surface area contributed by atoms with Crippen LogP contribution in [0, 0.1) is 5.92 Å². The Balaban J connectivity index is 2.07. The van der Waals surface area contributed by atoms with E-state index in [1.807, 2.05) is 0 Å². The maximum absolute atomic E-state index is 11.2. The smallest absolute Gasteiger partial charge is 0.221 e. The van der Waals surface area contributed by atoms with E-state index in [4.69, 9.17) is 11.6 Å². The highest BCUT2D eigenvalue weighted by Crippen LogP contribution is 2.09. The molecule has 1 atom stereocenters. The van der Waals surface area contributed by atoms with Gasteiger partial charge < -0.3 is 10.2 Å². The first-order valence-corrected chi connectivity index (χ1v) is 6.31. The molecule has 1 aliphatic rings. The zero-order valence-corrected chi connectivity index (χ0v) is 10.2. The third-order valence-electron chi connectivity index (χ3n) is 2.74. The molecule has 4 heteroatoms. The summed E-state index contributed by atoms with van der Waals surface area (Å²) >= 11 is 5.48. The van der Waals surface area contributed by atoms with Crippen LogP contribution in [0.4, 0.5) is 0 Å². The van der Waals surface area contributed by atoms with E-state index in [0.717, 1.165) is 13.1 Å². The monoisotopic (exact) mass is 232 g/mol. The van der Waals surface area contributed by atoms with Gasteiger partial charge in [-0.25, -0.2) is 0 Å². The molecule has 1 rings (SSSR count). The van der Waals surface area contributed by atoms with Crippen molar-refractivity contribution < 1.29 is 4.79 Å². The van der Waals surface area contributed by atoms with Gasteiger partial charge in [-0.2, -0.15) is 0 Å². The van der Waals surface area contributed by atoms with E-state index in [2.05, 4.69) is 17.1 Å². The number of hydrogen-bond acceptors (Lipinski definition) is 2. The van der Waals surface area contributed by atoms with Crippen molar-refractivity contribution in [2.24, 2.45) is 5.92 Å². The number of likely N-dealkylation sites (tertiary alicyclic amines) is 1. The van der Waals surface area contributed by atoms with Gasteiger partial charge in [0.1, 0.15) is 0 Å². The van der Waals surface area contributed by atoms with Crippen molar-refractivity contribution in [1.29, 1.82) is 0 Å². The molecule has 1 saturated heterocycles. The quantitative estimate of drug-likeness (QED) is 0.704. The topological polar surface area (TPSA) is 32.3 Å². The summed E-state index contributed by atoms with van der Waals surface area (Å²) in [6, 6.07) is 0. The Morgan fingerprint density at radius 3 is 2.73 bits per heavy atom. The molecule has 1 amide bonds. The summed E-state index contributed by atoms with van der Waals surface area (Å²) in [5.74, 6) is 1.01. The van der Waals surface area contributed by atoms with E-state index in [0.29, 0.717) is 18.2 Å². The summed E-state index contributed by atoms with van der Waals surface area (Å²) in [4.78, 5) is 13.6. The second kappa shape index (κ2) is 7.07. The summed E-state index contributed by atoms with van der Waals surface area (Å²) in [6.45, 7) is 6.49. The van der Waals surface area contributed by atoms with Crippen molar-refractivity contribution in [2.45, 2.75) is 26.2 Å². The fourth-order valence-electron chi connectivity index (χ4n) is 1.93. The number of rotatable bonds is 6. The normalized spacial score (nSPS) is 19.1. The SMILES string of the molecule is CC(CNC(=O)CCCl)CN1CCCC1. The summed E-state index contributed by atoms with van der Waals surface area (Å²) in [6.07, 6.45) is 3.08. The molecule has 1 unspecified atom stereocenters. The summed E-state index contributed by atoms with van der Waals surface area (Å²) in [5.41, 5.74) is 0.